The molecule has 2 unspecified atom stereocenters. The van der Waals surface area contributed by atoms with Gasteiger partial charge in [-0.15, -0.1) is 0 Å². The number of hydrogen-bond acceptors (Lipinski definition) is 4. The van der Waals surface area contributed by atoms with Crippen molar-refractivity contribution in [3.05, 3.63) is 54.4 Å². The number of H-pyrrole nitrogens is 1. The first-order chi connectivity index (χ1) is 14.3. The van der Waals surface area contributed by atoms with Gasteiger partial charge in [0.05, 0.1) is 12.8 Å². The Hall–Kier alpha value is -2.79. The number of fused-ring (bicyclic) bond motifs is 5. The molecule has 0 radical (unpaired) electrons. The van der Waals surface area contributed by atoms with Crippen LogP contribution in [0.3, 0.4) is 0 Å². The van der Waals surface area contributed by atoms with Crippen molar-refractivity contribution in [2.24, 2.45) is 0 Å². The molecule has 3 aliphatic rings. The van der Waals surface area contributed by atoms with Gasteiger partial charge in [0.15, 0.2) is 0 Å². The van der Waals surface area contributed by atoms with Gasteiger partial charge in [-0.1, -0.05) is 24.6 Å². The molecule has 0 amide bonds. The molecule has 2 fully saturated rings. The number of ether oxygens (including phenoxy) is 1. The van der Waals surface area contributed by atoms with Gasteiger partial charge in [0, 0.05) is 41.5 Å². The minimum atomic E-state index is 0.665. The number of piperidine rings is 1. The maximum absolute atomic E-state index is 5.94. The van der Waals surface area contributed by atoms with Crippen molar-refractivity contribution in [3.8, 4) is 28.0 Å². The molecule has 0 aliphatic carbocycles. The van der Waals surface area contributed by atoms with E-state index in [-0.39, 0.29) is 0 Å². The summed E-state index contributed by atoms with van der Waals surface area (Å²) in [6, 6.07) is 14.2. The highest BCUT2D eigenvalue weighted by Gasteiger charge is 2.26. The largest absolute Gasteiger partial charge is 0.493 e. The fourth-order valence-electron chi connectivity index (χ4n) is 4.78. The third-order valence-electron chi connectivity index (χ3n) is 6.30. The van der Waals surface area contributed by atoms with Gasteiger partial charge in [-0.2, -0.15) is 5.10 Å². The monoisotopic (exact) mass is 388 g/mol. The Balaban J connectivity index is 0.000000189. The molecule has 0 spiro atoms. The zero-order chi connectivity index (χ0) is 19.6. The van der Waals surface area contributed by atoms with Crippen LogP contribution in [0.1, 0.15) is 37.7 Å². The fraction of sp³-hybridized carbons (Fsp3) is 0.375. The second-order valence-electron chi connectivity index (χ2n) is 8.28. The van der Waals surface area contributed by atoms with Gasteiger partial charge >= 0.3 is 0 Å². The molecule has 4 N–H and O–H groups in total. The molecule has 2 saturated heterocycles. The van der Waals surface area contributed by atoms with Crippen LogP contribution in [-0.2, 0) is 6.42 Å². The summed E-state index contributed by atoms with van der Waals surface area (Å²) in [5.41, 5.74) is 12.4. The van der Waals surface area contributed by atoms with Crippen LogP contribution in [0.4, 0.5) is 5.69 Å². The predicted molar refractivity (Wildman–Crippen MR) is 117 cm³/mol. The molecule has 0 saturated carbocycles. The molecule has 6 rings (SSSR count). The standard InChI is InChI=1S/C17H15N3O.C7H13N/c18-14-2-4-15-12(7-14)5-6-21-17-8-11(1-3-16(15)17)13-9-19-20-10-13;1-2-6-4-5-7(3-1)8-6/h1-4,7-10H,5-6,18H2,(H,19,20);6-8H,1-5H2. The lowest BCUT2D eigenvalue weighted by atomic mass is 9.96. The lowest BCUT2D eigenvalue weighted by Gasteiger charge is -2.19. The molecule has 5 nitrogen and oxygen atoms in total. The van der Waals surface area contributed by atoms with E-state index in [0.717, 1.165) is 46.6 Å². The van der Waals surface area contributed by atoms with Crippen molar-refractivity contribution in [2.75, 3.05) is 12.3 Å². The summed E-state index contributed by atoms with van der Waals surface area (Å²) >= 11 is 0. The SMILES string of the molecule is C1CC2CCC(C1)N2.Nc1ccc2c(c1)CCOc1cc(-c3cn[nH]c3)ccc1-2. The molecular formula is C24H28N4O. The van der Waals surface area contributed by atoms with E-state index < -0.39 is 0 Å². The number of rotatable bonds is 1. The molecule has 2 atom stereocenters. The first-order valence-electron chi connectivity index (χ1n) is 10.7. The van der Waals surface area contributed by atoms with E-state index in [4.69, 9.17) is 10.5 Å². The minimum Gasteiger partial charge on any atom is -0.493 e. The Morgan fingerprint density at radius 3 is 2.52 bits per heavy atom. The number of hydrogen-bond donors (Lipinski definition) is 3. The Bertz CT molecular complexity index is 969. The number of aromatic nitrogens is 2. The van der Waals surface area contributed by atoms with E-state index in [0.29, 0.717) is 6.61 Å². The second kappa shape index (κ2) is 7.91. The quantitative estimate of drug-likeness (QED) is 0.535. The van der Waals surface area contributed by atoms with Crippen LogP contribution in [-0.4, -0.2) is 28.9 Å². The van der Waals surface area contributed by atoms with Crippen LogP contribution >= 0.6 is 0 Å². The van der Waals surface area contributed by atoms with Crippen LogP contribution in [0, 0.1) is 0 Å². The smallest absolute Gasteiger partial charge is 0.127 e. The summed E-state index contributed by atoms with van der Waals surface area (Å²) in [4.78, 5) is 0. The van der Waals surface area contributed by atoms with Crippen LogP contribution in [0.2, 0.25) is 0 Å². The summed E-state index contributed by atoms with van der Waals surface area (Å²) in [6.45, 7) is 0.665. The first kappa shape index (κ1) is 18.3. The molecular weight excluding hydrogens is 360 g/mol. The van der Waals surface area contributed by atoms with Crippen molar-refractivity contribution >= 4 is 5.69 Å². The Morgan fingerprint density at radius 2 is 1.76 bits per heavy atom. The summed E-state index contributed by atoms with van der Waals surface area (Å²) in [5.74, 6) is 0.914. The Labute approximate surface area is 171 Å². The lowest BCUT2D eigenvalue weighted by Crippen LogP contribution is -2.33. The van der Waals surface area contributed by atoms with Crippen molar-refractivity contribution in [3.63, 3.8) is 0 Å². The molecule has 1 aromatic heterocycles. The number of nitrogen functional groups attached to an aromatic ring is 1. The molecule has 150 valence electrons. The Morgan fingerprint density at radius 1 is 0.931 bits per heavy atom. The second-order valence-corrected chi connectivity index (χ2v) is 8.28. The number of nitrogens with one attached hydrogen (secondary N) is 2. The topological polar surface area (TPSA) is 76.0 Å². The average molecular weight is 389 g/mol. The van der Waals surface area contributed by atoms with Crippen LogP contribution < -0.4 is 15.8 Å². The highest BCUT2D eigenvalue weighted by molar-refractivity contribution is 5.79. The van der Waals surface area contributed by atoms with Gasteiger partial charge in [-0.05, 0) is 60.6 Å². The molecule has 2 bridgehead atoms. The zero-order valence-corrected chi connectivity index (χ0v) is 16.7. The van der Waals surface area contributed by atoms with E-state index in [2.05, 4.69) is 39.8 Å². The van der Waals surface area contributed by atoms with E-state index >= 15 is 0 Å². The van der Waals surface area contributed by atoms with Crippen molar-refractivity contribution < 1.29 is 4.74 Å². The Kier molecular flexibility index (Phi) is 4.98. The average Bonchev–Trinajstić information content (AvgIpc) is 3.35. The lowest BCUT2D eigenvalue weighted by molar-refractivity contribution is 0.326. The highest BCUT2D eigenvalue weighted by atomic mass is 16.5. The van der Waals surface area contributed by atoms with E-state index in [1.807, 2.05) is 24.5 Å². The maximum Gasteiger partial charge on any atom is 0.127 e. The normalized spacial score (nSPS) is 21.8. The summed E-state index contributed by atoms with van der Waals surface area (Å²) < 4.78 is 5.94. The van der Waals surface area contributed by atoms with Gasteiger partial charge < -0.3 is 15.8 Å². The van der Waals surface area contributed by atoms with E-state index in [1.54, 1.807) is 0 Å². The molecule has 29 heavy (non-hydrogen) atoms. The van der Waals surface area contributed by atoms with E-state index in [9.17, 15) is 0 Å². The summed E-state index contributed by atoms with van der Waals surface area (Å²) in [5, 5.41) is 10.4. The van der Waals surface area contributed by atoms with Crippen LogP contribution in [0.25, 0.3) is 22.3 Å². The fourth-order valence-corrected chi connectivity index (χ4v) is 4.78. The number of nitrogens with zero attached hydrogens (tertiary/aromatic N) is 1. The summed E-state index contributed by atoms with van der Waals surface area (Å²) in [6.07, 6.45) is 11.8. The number of benzene rings is 2. The third kappa shape index (κ3) is 3.87. The number of anilines is 1. The minimum absolute atomic E-state index is 0.665. The van der Waals surface area contributed by atoms with Gasteiger partial charge in [0.1, 0.15) is 5.75 Å². The van der Waals surface area contributed by atoms with Crippen molar-refractivity contribution in [2.45, 2.75) is 50.6 Å². The van der Waals surface area contributed by atoms with Gasteiger partial charge in [-0.3, -0.25) is 5.10 Å². The van der Waals surface area contributed by atoms with Crippen LogP contribution in [0.15, 0.2) is 48.8 Å². The number of aromatic amines is 1. The van der Waals surface area contributed by atoms with Gasteiger partial charge in [-0.25, -0.2) is 0 Å². The highest BCUT2D eigenvalue weighted by Crippen LogP contribution is 2.38. The van der Waals surface area contributed by atoms with Gasteiger partial charge in [0.2, 0.25) is 0 Å². The molecule has 2 aromatic carbocycles. The van der Waals surface area contributed by atoms with Crippen molar-refractivity contribution in [1.29, 1.82) is 0 Å². The van der Waals surface area contributed by atoms with Gasteiger partial charge in [0.25, 0.3) is 0 Å². The number of nitrogens with two attached hydrogens (primary N) is 1. The van der Waals surface area contributed by atoms with Crippen molar-refractivity contribution in [1.82, 2.24) is 15.5 Å². The predicted octanol–water partition coefficient (Wildman–Crippen LogP) is 4.55. The van der Waals surface area contributed by atoms with Crippen LogP contribution in [0.5, 0.6) is 5.75 Å². The zero-order valence-electron chi connectivity index (χ0n) is 16.7. The molecule has 4 heterocycles. The molecule has 5 heteroatoms. The summed E-state index contributed by atoms with van der Waals surface area (Å²) in [7, 11) is 0. The van der Waals surface area contributed by atoms with E-state index in [1.165, 1.54) is 43.2 Å². The first-order valence-corrected chi connectivity index (χ1v) is 10.7. The molecule has 3 aliphatic heterocycles. The molecule has 3 aromatic rings. The third-order valence-corrected chi connectivity index (χ3v) is 6.30. The maximum atomic E-state index is 5.94.